The number of benzene rings is 2. The van der Waals surface area contributed by atoms with Crippen molar-refractivity contribution in [3.8, 4) is 11.5 Å². The number of anilines is 1. The van der Waals surface area contributed by atoms with Crippen LogP contribution in [0.3, 0.4) is 0 Å². The second-order valence-electron chi connectivity index (χ2n) is 6.79. The summed E-state index contributed by atoms with van der Waals surface area (Å²) in [5, 5.41) is 3.42. The Kier molecular flexibility index (Phi) is 5.85. The van der Waals surface area contributed by atoms with E-state index in [2.05, 4.69) is 26.1 Å². The molecule has 0 bridgehead atoms. The first-order chi connectivity index (χ1) is 11.4. The maximum absolute atomic E-state index is 5.43. The topological polar surface area (TPSA) is 42.8 Å². The van der Waals surface area contributed by atoms with Crippen LogP contribution in [-0.4, -0.2) is 20.1 Å². The zero-order chi connectivity index (χ0) is 17.6. The molecule has 0 atom stereocenters. The van der Waals surface area contributed by atoms with Crippen LogP contribution in [0.25, 0.3) is 0 Å². The number of hydrogen-bond acceptors (Lipinski definition) is 3. The molecule has 0 heterocycles. The Morgan fingerprint density at radius 3 is 2.12 bits per heavy atom. The summed E-state index contributed by atoms with van der Waals surface area (Å²) in [6.45, 7) is 6.57. The third-order valence-corrected chi connectivity index (χ3v) is 3.42. The van der Waals surface area contributed by atoms with Gasteiger partial charge in [0.15, 0.2) is 0 Å². The monoisotopic (exact) mass is 326 g/mol. The van der Waals surface area contributed by atoms with E-state index in [9.17, 15) is 0 Å². The molecule has 4 heteroatoms. The Hall–Kier alpha value is -2.49. The molecule has 0 amide bonds. The normalized spacial score (nSPS) is 12.0. The molecule has 0 spiro atoms. The number of methoxy groups -OCH3 is 2. The number of amidine groups is 1. The largest absolute Gasteiger partial charge is 0.495 e. The summed E-state index contributed by atoms with van der Waals surface area (Å²) < 4.78 is 10.8. The molecule has 2 rings (SSSR count). The van der Waals surface area contributed by atoms with Crippen LogP contribution in [0.5, 0.6) is 11.5 Å². The quantitative estimate of drug-likeness (QED) is 0.600. The van der Waals surface area contributed by atoms with Crippen LogP contribution < -0.4 is 14.8 Å². The number of para-hydroxylation sites is 4. The Morgan fingerprint density at radius 1 is 0.917 bits per heavy atom. The molecule has 1 N–H and O–H groups in total. The van der Waals surface area contributed by atoms with Crippen LogP contribution >= 0.6 is 0 Å². The van der Waals surface area contributed by atoms with E-state index >= 15 is 0 Å². The summed E-state index contributed by atoms with van der Waals surface area (Å²) in [5.74, 6) is 2.42. The molecule has 2 aromatic carbocycles. The third-order valence-electron chi connectivity index (χ3n) is 3.42. The van der Waals surface area contributed by atoms with Gasteiger partial charge in [0.1, 0.15) is 23.0 Å². The fraction of sp³-hybridized carbons (Fsp3) is 0.350. The SMILES string of the molecule is COc1ccccc1N=C(CC(C)(C)C)Nc1ccccc1OC. The first-order valence-electron chi connectivity index (χ1n) is 8.03. The Bertz CT molecular complexity index is 703. The van der Waals surface area contributed by atoms with Crippen molar-refractivity contribution in [2.24, 2.45) is 10.4 Å². The number of ether oxygens (including phenoxy) is 2. The minimum absolute atomic E-state index is 0.0931. The van der Waals surface area contributed by atoms with Crippen molar-refractivity contribution in [3.63, 3.8) is 0 Å². The molecule has 24 heavy (non-hydrogen) atoms. The van der Waals surface area contributed by atoms with Crippen LogP contribution in [0.1, 0.15) is 27.2 Å². The van der Waals surface area contributed by atoms with Gasteiger partial charge in [0.2, 0.25) is 0 Å². The van der Waals surface area contributed by atoms with Crippen molar-refractivity contribution in [3.05, 3.63) is 48.5 Å². The van der Waals surface area contributed by atoms with Gasteiger partial charge in [-0.2, -0.15) is 0 Å². The van der Waals surface area contributed by atoms with E-state index in [1.807, 2.05) is 48.5 Å². The summed E-state index contributed by atoms with van der Waals surface area (Å²) in [7, 11) is 3.33. The van der Waals surface area contributed by atoms with Gasteiger partial charge in [-0.3, -0.25) is 0 Å². The van der Waals surface area contributed by atoms with Crippen LogP contribution in [0, 0.1) is 5.41 Å². The molecule has 0 aliphatic rings. The molecule has 0 saturated heterocycles. The number of rotatable bonds is 5. The second kappa shape index (κ2) is 7.86. The number of aliphatic imine (C=N–C) groups is 1. The number of nitrogens with one attached hydrogen (secondary N) is 1. The minimum Gasteiger partial charge on any atom is -0.495 e. The van der Waals surface area contributed by atoms with E-state index in [4.69, 9.17) is 14.5 Å². The van der Waals surface area contributed by atoms with Crippen molar-refractivity contribution in [1.82, 2.24) is 0 Å². The van der Waals surface area contributed by atoms with Gasteiger partial charge in [-0.1, -0.05) is 45.0 Å². The lowest BCUT2D eigenvalue weighted by Crippen LogP contribution is -2.20. The van der Waals surface area contributed by atoms with Gasteiger partial charge in [0.25, 0.3) is 0 Å². The summed E-state index contributed by atoms with van der Waals surface area (Å²) in [6.07, 6.45) is 0.795. The van der Waals surface area contributed by atoms with Gasteiger partial charge >= 0.3 is 0 Å². The molecule has 0 unspecified atom stereocenters. The van der Waals surface area contributed by atoms with Gasteiger partial charge in [-0.15, -0.1) is 0 Å². The molecule has 0 aromatic heterocycles. The molecule has 0 fully saturated rings. The average Bonchev–Trinajstić information content (AvgIpc) is 2.54. The fourth-order valence-corrected chi connectivity index (χ4v) is 2.38. The van der Waals surface area contributed by atoms with Crippen molar-refractivity contribution in [2.45, 2.75) is 27.2 Å². The standard InChI is InChI=1S/C20H26N2O2/c1-20(2,3)14-19(21-15-10-6-8-12-17(15)23-4)22-16-11-7-9-13-18(16)24-5/h6-13H,14H2,1-5H3,(H,21,22). The van der Waals surface area contributed by atoms with E-state index < -0.39 is 0 Å². The average molecular weight is 326 g/mol. The first kappa shape index (κ1) is 17.9. The predicted molar refractivity (Wildman–Crippen MR) is 101 cm³/mol. The Labute approximate surface area is 144 Å². The van der Waals surface area contributed by atoms with Crippen molar-refractivity contribution >= 4 is 17.2 Å². The predicted octanol–water partition coefficient (Wildman–Crippen LogP) is 5.28. The highest BCUT2D eigenvalue weighted by atomic mass is 16.5. The highest BCUT2D eigenvalue weighted by Crippen LogP contribution is 2.30. The van der Waals surface area contributed by atoms with Gasteiger partial charge < -0.3 is 14.8 Å². The van der Waals surface area contributed by atoms with Crippen LogP contribution in [0.15, 0.2) is 53.5 Å². The number of hydrogen-bond donors (Lipinski definition) is 1. The fourth-order valence-electron chi connectivity index (χ4n) is 2.38. The molecule has 128 valence electrons. The Balaban J connectivity index is 2.39. The molecule has 4 nitrogen and oxygen atoms in total. The summed E-state index contributed by atoms with van der Waals surface area (Å²) >= 11 is 0. The van der Waals surface area contributed by atoms with E-state index in [-0.39, 0.29) is 5.41 Å². The zero-order valence-electron chi connectivity index (χ0n) is 15.1. The molecular weight excluding hydrogens is 300 g/mol. The summed E-state index contributed by atoms with van der Waals surface area (Å²) in [4.78, 5) is 4.81. The van der Waals surface area contributed by atoms with Crippen molar-refractivity contribution < 1.29 is 9.47 Å². The second-order valence-corrected chi connectivity index (χ2v) is 6.79. The van der Waals surface area contributed by atoms with Gasteiger partial charge in [0, 0.05) is 6.42 Å². The van der Waals surface area contributed by atoms with Crippen LogP contribution in [0.2, 0.25) is 0 Å². The third kappa shape index (κ3) is 5.01. The highest BCUT2D eigenvalue weighted by molar-refractivity contribution is 5.98. The molecule has 0 radical (unpaired) electrons. The molecular formula is C20H26N2O2. The van der Waals surface area contributed by atoms with Gasteiger partial charge in [-0.05, 0) is 29.7 Å². The maximum atomic E-state index is 5.43. The van der Waals surface area contributed by atoms with Crippen LogP contribution in [-0.2, 0) is 0 Å². The lowest BCUT2D eigenvalue weighted by atomic mass is 9.91. The van der Waals surface area contributed by atoms with Crippen molar-refractivity contribution in [2.75, 3.05) is 19.5 Å². The summed E-state index contributed by atoms with van der Waals surface area (Å²) in [5.41, 5.74) is 1.80. The lowest BCUT2D eigenvalue weighted by Gasteiger charge is -2.21. The van der Waals surface area contributed by atoms with E-state index in [1.54, 1.807) is 14.2 Å². The smallest absolute Gasteiger partial charge is 0.144 e. The zero-order valence-corrected chi connectivity index (χ0v) is 15.1. The van der Waals surface area contributed by atoms with Crippen molar-refractivity contribution in [1.29, 1.82) is 0 Å². The van der Waals surface area contributed by atoms with E-state index in [0.717, 1.165) is 35.1 Å². The molecule has 2 aromatic rings. The van der Waals surface area contributed by atoms with Crippen LogP contribution in [0.4, 0.5) is 11.4 Å². The summed E-state index contributed by atoms with van der Waals surface area (Å²) in [6, 6.07) is 15.6. The molecule has 0 aliphatic heterocycles. The number of nitrogens with zero attached hydrogens (tertiary/aromatic N) is 1. The molecule has 0 aliphatic carbocycles. The van der Waals surface area contributed by atoms with E-state index in [1.165, 1.54) is 0 Å². The van der Waals surface area contributed by atoms with Gasteiger partial charge in [0.05, 0.1) is 19.9 Å². The highest BCUT2D eigenvalue weighted by Gasteiger charge is 2.16. The van der Waals surface area contributed by atoms with E-state index in [0.29, 0.717) is 0 Å². The minimum atomic E-state index is 0.0931. The first-order valence-corrected chi connectivity index (χ1v) is 8.03. The molecule has 0 saturated carbocycles. The van der Waals surface area contributed by atoms with Gasteiger partial charge in [-0.25, -0.2) is 4.99 Å². The maximum Gasteiger partial charge on any atom is 0.144 e. The lowest BCUT2D eigenvalue weighted by molar-refractivity contribution is 0.415. The Morgan fingerprint density at radius 2 is 1.50 bits per heavy atom.